The maximum atomic E-state index is 12.9. The molecule has 160 valence electrons. The van der Waals surface area contributed by atoms with E-state index in [0.29, 0.717) is 23.5 Å². The molecule has 0 bridgehead atoms. The van der Waals surface area contributed by atoms with Crippen LogP contribution in [0, 0.1) is 17.6 Å². The zero-order chi connectivity index (χ0) is 20.6. The monoisotopic (exact) mass is 433 g/mol. The van der Waals surface area contributed by atoms with Gasteiger partial charge in [0.2, 0.25) is 0 Å². The number of Topliss-reactive ketones (excluding diaryl/α,β-unsaturated/α-hetero) is 1. The van der Waals surface area contributed by atoms with E-state index < -0.39 is 0 Å². The molecule has 1 aliphatic rings. The summed E-state index contributed by atoms with van der Waals surface area (Å²) < 4.78 is 25.9. The Hall–Kier alpha value is -2.37. The molecule has 0 N–H and O–H groups in total. The fraction of sp³-hybridized carbons (Fsp3) is 0.333. The Labute approximate surface area is 182 Å². The quantitative estimate of drug-likeness (QED) is 0.407. The number of hydrogen-bond donors (Lipinski definition) is 0. The minimum absolute atomic E-state index is 0. The number of hydrogen-bond acceptors (Lipinski definition) is 3. The van der Waals surface area contributed by atoms with Crippen LogP contribution in [0.5, 0.6) is 0 Å². The van der Waals surface area contributed by atoms with E-state index in [1.54, 1.807) is 6.08 Å². The molecule has 1 aliphatic heterocycles. The summed E-state index contributed by atoms with van der Waals surface area (Å²) in [5.41, 5.74) is 1.05. The first-order valence-corrected chi connectivity index (χ1v) is 10.0. The normalized spacial score (nSPS) is 15.1. The van der Waals surface area contributed by atoms with Crippen LogP contribution in [0.15, 0.2) is 60.7 Å². The Morgan fingerprint density at radius 2 is 1.43 bits per heavy atom. The van der Waals surface area contributed by atoms with Gasteiger partial charge in [0.05, 0.1) is 0 Å². The summed E-state index contributed by atoms with van der Waals surface area (Å²) in [6.07, 6.45) is 6.73. The van der Waals surface area contributed by atoms with E-state index in [4.69, 9.17) is 0 Å². The minimum atomic E-state index is -0.350. The number of halogens is 3. The van der Waals surface area contributed by atoms with Gasteiger partial charge in [-0.05, 0) is 99.4 Å². The lowest BCUT2D eigenvalue weighted by Crippen LogP contribution is -2.34. The van der Waals surface area contributed by atoms with E-state index in [1.165, 1.54) is 48.5 Å². The molecule has 1 heterocycles. The summed E-state index contributed by atoms with van der Waals surface area (Å²) in [6.45, 7) is 2.73. The van der Waals surface area contributed by atoms with Crippen LogP contribution in [0.3, 0.4) is 0 Å². The van der Waals surface area contributed by atoms with Gasteiger partial charge in [-0.1, -0.05) is 6.08 Å². The van der Waals surface area contributed by atoms with Gasteiger partial charge in [0.1, 0.15) is 11.6 Å². The van der Waals surface area contributed by atoms with Crippen molar-refractivity contribution >= 4 is 24.0 Å². The molecule has 0 radical (unpaired) electrons. The number of allylic oxidation sites excluding steroid dienone is 2. The maximum Gasteiger partial charge on any atom is 0.185 e. The fourth-order valence-electron chi connectivity index (χ4n) is 3.55. The zero-order valence-electron chi connectivity index (χ0n) is 16.7. The van der Waals surface area contributed by atoms with Gasteiger partial charge >= 0.3 is 0 Å². The molecular formula is C24H26ClF2NO2. The van der Waals surface area contributed by atoms with Crippen molar-refractivity contribution in [1.29, 1.82) is 0 Å². The molecule has 3 rings (SSSR count). The predicted molar refractivity (Wildman–Crippen MR) is 116 cm³/mol. The molecule has 0 aliphatic carbocycles. The van der Waals surface area contributed by atoms with Crippen molar-refractivity contribution in [2.45, 2.75) is 25.7 Å². The van der Waals surface area contributed by atoms with Crippen molar-refractivity contribution in [3.63, 3.8) is 0 Å². The van der Waals surface area contributed by atoms with Crippen LogP contribution in [-0.4, -0.2) is 36.1 Å². The molecule has 6 heteroatoms. The van der Waals surface area contributed by atoms with Gasteiger partial charge in [0.25, 0.3) is 0 Å². The highest BCUT2D eigenvalue weighted by atomic mass is 35.5. The van der Waals surface area contributed by atoms with Crippen LogP contribution in [-0.2, 0) is 0 Å². The highest BCUT2D eigenvalue weighted by Gasteiger charge is 2.17. The predicted octanol–water partition coefficient (Wildman–Crippen LogP) is 5.50. The molecule has 0 unspecified atom stereocenters. The lowest BCUT2D eigenvalue weighted by Gasteiger charge is -2.30. The van der Waals surface area contributed by atoms with E-state index in [1.807, 2.05) is 6.08 Å². The Morgan fingerprint density at radius 1 is 0.900 bits per heavy atom. The highest BCUT2D eigenvalue weighted by Crippen LogP contribution is 2.19. The van der Waals surface area contributed by atoms with Crippen molar-refractivity contribution in [3.05, 3.63) is 83.4 Å². The van der Waals surface area contributed by atoms with E-state index in [9.17, 15) is 18.4 Å². The average Bonchev–Trinajstić information content (AvgIpc) is 2.74. The smallest absolute Gasteiger partial charge is 0.185 e. The highest BCUT2D eigenvalue weighted by molar-refractivity contribution is 6.04. The number of nitrogens with zero attached hydrogens (tertiary/aromatic N) is 1. The minimum Gasteiger partial charge on any atom is -0.303 e. The number of carbonyl (C=O) groups excluding carboxylic acids is 2. The Kier molecular flexibility index (Phi) is 9.34. The summed E-state index contributed by atoms with van der Waals surface area (Å²) in [7, 11) is 0. The van der Waals surface area contributed by atoms with E-state index in [2.05, 4.69) is 4.90 Å². The largest absolute Gasteiger partial charge is 0.303 e. The van der Waals surface area contributed by atoms with E-state index in [0.717, 1.165) is 38.9 Å². The first-order valence-electron chi connectivity index (χ1n) is 10.0. The van der Waals surface area contributed by atoms with Gasteiger partial charge in [0, 0.05) is 17.5 Å². The lowest BCUT2D eigenvalue weighted by atomic mass is 9.95. The van der Waals surface area contributed by atoms with Crippen LogP contribution in [0.4, 0.5) is 8.78 Å². The van der Waals surface area contributed by atoms with Crippen molar-refractivity contribution in [3.8, 4) is 0 Å². The molecule has 0 amide bonds. The second kappa shape index (κ2) is 11.7. The van der Waals surface area contributed by atoms with Crippen LogP contribution in [0.25, 0.3) is 0 Å². The number of benzene rings is 2. The van der Waals surface area contributed by atoms with Gasteiger partial charge < -0.3 is 4.90 Å². The summed E-state index contributed by atoms with van der Waals surface area (Å²) in [6, 6.07) is 11.3. The molecule has 0 aromatic heterocycles. The average molecular weight is 434 g/mol. The zero-order valence-corrected chi connectivity index (χ0v) is 17.5. The molecule has 1 fully saturated rings. The van der Waals surface area contributed by atoms with Crippen molar-refractivity contribution in [1.82, 2.24) is 4.90 Å². The standard InChI is InChI=1S/C24H25F2NO2.ClH/c25-21-8-4-19(5-9-21)23(28)2-1-15-27-16-13-18(14-17-27)3-12-24(29)20-6-10-22(26)11-7-20;/h3-12,18H,1-2,13-17H2;1H. The molecule has 0 spiro atoms. The molecule has 2 aromatic rings. The summed E-state index contributed by atoms with van der Waals surface area (Å²) >= 11 is 0. The Morgan fingerprint density at radius 3 is 2.00 bits per heavy atom. The van der Waals surface area contributed by atoms with Gasteiger partial charge in [-0.25, -0.2) is 8.78 Å². The van der Waals surface area contributed by atoms with Crippen molar-refractivity contribution in [2.24, 2.45) is 5.92 Å². The van der Waals surface area contributed by atoms with Crippen LogP contribution in [0.1, 0.15) is 46.4 Å². The Bertz CT molecular complexity index is 858. The molecular weight excluding hydrogens is 408 g/mol. The van der Waals surface area contributed by atoms with Gasteiger partial charge in [-0.2, -0.15) is 0 Å². The topological polar surface area (TPSA) is 37.4 Å². The Balaban J connectivity index is 0.00000320. The third-order valence-corrected chi connectivity index (χ3v) is 5.33. The number of likely N-dealkylation sites (tertiary alicyclic amines) is 1. The van der Waals surface area contributed by atoms with Crippen molar-refractivity contribution in [2.75, 3.05) is 19.6 Å². The molecule has 30 heavy (non-hydrogen) atoms. The van der Waals surface area contributed by atoms with Gasteiger partial charge in [-0.15, -0.1) is 12.4 Å². The number of rotatable bonds is 8. The second-order valence-corrected chi connectivity index (χ2v) is 7.44. The van der Waals surface area contributed by atoms with Crippen LogP contribution in [0.2, 0.25) is 0 Å². The molecule has 3 nitrogen and oxygen atoms in total. The van der Waals surface area contributed by atoms with E-state index in [-0.39, 0.29) is 35.6 Å². The molecule has 0 saturated carbocycles. The maximum absolute atomic E-state index is 12.9. The first-order chi connectivity index (χ1) is 14.0. The van der Waals surface area contributed by atoms with Gasteiger partial charge in [-0.3, -0.25) is 9.59 Å². The van der Waals surface area contributed by atoms with Gasteiger partial charge in [0.15, 0.2) is 11.6 Å². The SMILES string of the molecule is Cl.O=C(C=CC1CCN(CCCC(=O)c2ccc(F)cc2)CC1)c1ccc(F)cc1. The third kappa shape index (κ3) is 7.15. The van der Waals surface area contributed by atoms with Crippen molar-refractivity contribution < 1.29 is 18.4 Å². The first kappa shape index (κ1) is 23.9. The second-order valence-electron chi connectivity index (χ2n) is 7.44. The number of piperidine rings is 1. The summed E-state index contributed by atoms with van der Waals surface area (Å²) in [4.78, 5) is 26.6. The molecule has 2 aromatic carbocycles. The van der Waals surface area contributed by atoms with Crippen LogP contribution < -0.4 is 0 Å². The summed E-state index contributed by atoms with van der Waals surface area (Å²) in [5, 5.41) is 0. The molecule has 0 atom stereocenters. The van der Waals surface area contributed by atoms with Crippen LogP contribution >= 0.6 is 12.4 Å². The third-order valence-electron chi connectivity index (χ3n) is 5.33. The number of carbonyl (C=O) groups is 2. The fourth-order valence-corrected chi connectivity index (χ4v) is 3.55. The van der Waals surface area contributed by atoms with E-state index >= 15 is 0 Å². The molecule has 1 saturated heterocycles. The lowest BCUT2D eigenvalue weighted by molar-refractivity contribution is 0.0971. The number of ketones is 2. The summed E-state index contributed by atoms with van der Waals surface area (Å²) in [5.74, 6) is -0.388.